The van der Waals surface area contributed by atoms with Crippen LogP contribution in [0.3, 0.4) is 0 Å². The molecule has 0 unspecified atom stereocenters. The van der Waals surface area contributed by atoms with E-state index in [0.29, 0.717) is 5.56 Å². The van der Waals surface area contributed by atoms with E-state index in [-0.39, 0.29) is 22.0 Å². The van der Waals surface area contributed by atoms with Crippen LogP contribution >= 0.6 is 11.6 Å². The Bertz CT molecular complexity index is 734. The summed E-state index contributed by atoms with van der Waals surface area (Å²) < 4.78 is 13.7. The van der Waals surface area contributed by atoms with Crippen LogP contribution in [-0.4, -0.2) is 10.8 Å². The highest BCUT2D eigenvalue weighted by Crippen LogP contribution is 2.28. The molecule has 0 spiro atoms. The molecule has 0 bridgehead atoms. The standard InChI is InChI=1S/C14H10ClFN2O3/c1-8-2-4-10(11(16)6-8)14(19)17-12-7-9(15)3-5-13(12)18(20)21/h2-7H,1H3,(H,17,19). The topological polar surface area (TPSA) is 72.2 Å². The number of carbonyl (C=O) groups is 1. The number of benzene rings is 2. The number of nitro benzene ring substituents is 1. The molecule has 0 aliphatic heterocycles. The average Bonchev–Trinajstić information content (AvgIpc) is 2.37. The maximum absolute atomic E-state index is 13.7. The largest absolute Gasteiger partial charge is 0.316 e. The van der Waals surface area contributed by atoms with Crippen LogP contribution in [0.1, 0.15) is 15.9 Å². The Morgan fingerprint density at radius 3 is 2.62 bits per heavy atom. The van der Waals surface area contributed by atoms with Gasteiger partial charge in [0, 0.05) is 11.1 Å². The average molecular weight is 309 g/mol. The van der Waals surface area contributed by atoms with Crippen molar-refractivity contribution in [2.75, 3.05) is 5.32 Å². The summed E-state index contributed by atoms with van der Waals surface area (Å²) in [5, 5.41) is 13.4. The molecule has 7 heteroatoms. The number of nitrogens with zero attached hydrogens (tertiary/aromatic N) is 1. The molecule has 2 aromatic rings. The zero-order valence-corrected chi connectivity index (χ0v) is 11.6. The number of aryl methyl sites for hydroxylation is 1. The second-order valence-electron chi connectivity index (χ2n) is 4.36. The first-order valence-electron chi connectivity index (χ1n) is 5.90. The molecule has 2 rings (SSSR count). The SMILES string of the molecule is Cc1ccc(C(=O)Nc2cc(Cl)ccc2[N+](=O)[O-])c(F)c1. The first-order chi connectivity index (χ1) is 9.88. The Labute approximate surface area is 124 Å². The van der Waals surface area contributed by atoms with Gasteiger partial charge in [0.25, 0.3) is 11.6 Å². The molecule has 0 aliphatic rings. The third kappa shape index (κ3) is 3.35. The highest BCUT2D eigenvalue weighted by Gasteiger charge is 2.18. The number of nitro groups is 1. The van der Waals surface area contributed by atoms with Gasteiger partial charge in [-0.25, -0.2) is 4.39 Å². The van der Waals surface area contributed by atoms with Crippen LogP contribution in [-0.2, 0) is 0 Å². The lowest BCUT2D eigenvalue weighted by Gasteiger charge is -2.07. The molecule has 1 N–H and O–H groups in total. The number of carbonyl (C=O) groups excluding carboxylic acids is 1. The van der Waals surface area contributed by atoms with Crippen LogP contribution in [0.15, 0.2) is 36.4 Å². The summed E-state index contributed by atoms with van der Waals surface area (Å²) in [6.45, 7) is 1.69. The van der Waals surface area contributed by atoms with E-state index in [2.05, 4.69) is 5.32 Å². The van der Waals surface area contributed by atoms with Crippen molar-refractivity contribution in [2.45, 2.75) is 6.92 Å². The molecule has 0 radical (unpaired) electrons. The van der Waals surface area contributed by atoms with Gasteiger partial charge in [-0.1, -0.05) is 17.7 Å². The van der Waals surface area contributed by atoms with Crippen LogP contribution in [0.25, 0.3) is 0 Å². The molecule has 1 amide bonds. The maximum Gasteiger partial charge on any atom is 0.292 e. The molecular weight excluding hydrogens is 299 g/mol. The summed E-state index contributed by atoms with van der Waals surface area (Å²) in [4.78, 5) is 22.3. The monoisotopic (exact) mass is 308 g/mol. The van der Waals surface area contributed by atoms with Crippen LogP contribution in [0.4, 0.5) is 15.8 Å². The number of halogens is 2. The third-order valence-corrected chi connectivity index (χ3v) is 3.01. The summed E-state index contributed by atoms with van der Waals surface area (Å²) in [5.74, 6) is -1.48. The van der Waals surface area contributed by atoms with Crippen molar-refractivity contribution in [3.63, 3.8) is 0 Å². The molecule has 0 heterocycles. The minimum absolute atomic E-state index is 0.0857. The number of amides is 1. The number of nitrogens with one attached hydrogen (secondary N) is 1. The molecule has 0 atom stereocenters. The van der Waals surface area contributed by atoms with E-state index in [4.69, 9.17) is 11.6 Å². The fourth-order valence-corrected chi connectivity index (χ4v) is 1.93. The molecule has 0 aromatic heterocycles. The van der Waals surface area contributed by atoms with Crippen molar-refractivity contribution in [1.82, 2.24) is 0 Å². The second kappa shape index (κ2) is 5.88. The van der Waals surface area contributed by atoms with Crippen LogP contribution < -0.4 is 5.32 Å². The Morgan fingerprint density at radius 2 is 2.00 bits per heavy atom. The van der Waals surface area contributed by atoms with Crippen molar-refractivity contribution < 1.29 is 14.1 Å². The maximum atomic E-state index is 13.7. The van der Waals surface area contributed by atoms with Gasteiger partial charge in [-0.05, 0) is 36.8 Å². The van der Waals surface area contributed by atoms with Gasteiger partial charge < -0.3 is 5.32 Å². The Kier molecular flexibility index (Phi) is 4.18. The summed E-state index contributed by atoms with van der Waals surface area (Å²) in [6, 6.07) is 7.84. The molecule has 21 heavy (non-hydrogen) atoms. The van der Waals surface area contributed by atoms with Crippen molar-refractivity contribution in [2.24, 2.45) is 0 Å². The van der Waals surface area contributed by atoms with Crippen LogP contribution in [0.2, 0.25) is 5.02 Å². The predicted octanol–water partition coefficient (Wildman–Crippen LogP) is 3.95. The van der Waals surface area contributed by atoms with E-state index in [1.54, 1.807) is 13.0 Å². The Morgan fingerprint density at radius 1 is 1.29 bits per heavy atom. The molecule has 108 valence electrons. The Hall–Kier alpha value is -2.47. The van der Waals surface area contributed by atoms with Crippen LogP contribution in [0, 0.1) is 22.9 Å². The van der Waals surface area contributed by atoms with E-state index in [0.717, 1.165) is 0 Å². The summed E-state index contributed by atoms with van der Waals surface area (Å²) >= 11 is 5.76. The first kappa shape index (κ1) is 14.9. The van der Waals surface area contributed by atoms with E-state index in [1.807, 2.05) is 0 Å². The summed E-state index contributed by atoms with van der Waals surface area (Å²) in [7, 11) is 0. The quantitative estimate of drug-likeness (QED) is 0.689. The summed E-state index contributed by atoms with van der Waals surface area (Å²) in [5.41, 5.74) is 0.0606. The molecular formula is C14H10ClFN2O3. The lowest BCUT2D eigenvalue weighted by Crippen LogP contribution is -2.15. The zero-order valence-electron chi connectivity index (χ0n) is 10.9. The van der Waals surface area contributed by atoms with Crippen molar-refractivity contribution >= 4 is 28.9 Å². The van der Waals surface area contributed by atoms with Crippen molar-refractivity contribution in [1.29, 1.82) is 0 Å². The Balaban J connectivity index is 2.35. The highest BCUT2D eigenvalue weighted by atomic mass is 35.5. The molecule has 2 aromatic carbocycles. The van der Waals surface area contributed by atoms with Gasteiger partial charge in [-0.15, -0.1) is 0 Å². The number of hydrogen-bond donors (Lipinski definition) is 1. The lowest BCUT2D eigenvalue weighted by molar-refractivity contribution is -0.383. The number of rotatable bonds is 3. The second-order valence-corrected chi connectivity index (χ2v) is 4.79. The van der Waals surface area contributed by atoms with E-state index in [1.165, 1.54) is 30.3 Å². The van der Waals surface area contributed by atoms with Crippen molar-refractivity contribution in [3.8, 4) is 0 Å². The normalized spacial score (nSPS) is 10.2. The van der Waals surface area contributed by atoms with Gasteiger partial charge in [-0.3, -0.25) is 14.9 Å². The fourth-order valence-electron chi connectivity index (χ4n) is 1.76. The molecule has 0 fully saturated rings. The van der Waals surface area contributed by atoms with Gasteiger partial charge in [0.1, 0.15) is 11.5 Å². The minimum Gasteiger partial charge on any atom is -0.316 e. The van der Waals surface area contributed by atoms with Gasteiger partial charge >= 0.3 is 0 Å². The molecule has 0 saturated carbocycles. The van der Waals surface area contributed by atoms with Crippen LogP contribution in [0.5, 0.6) is 0 Å². The predicted molar refractivity (Wildman–Crippen MR) is 77.2 cm³/mol. The third-order valence-electron chi connectivity index (χ3n) is 2.77. The van der Waals surface area contributed by atoms with E-state index < -0.39 is 16.6 Å². The van der Waals surface area contributed by atoms with E-state index in [9.17, 15) is 19.3 Å². The smallest absolute Gasteiger partial charge is 0.292 e. The highest BCUT2D eigenvalue weighted by molar-refractivity contribution is 6.31. The van der Waals surface area contributed by atoms with E-state index >= 15 is 0 Å². The van der Waals surface area contributed by atoms with Gasteiger partial charge in [-0.2, -0.15) is 0 Å². The summed E-state index contributed by atoms with van der Waals surface area (Å²) in [6.07, 6.45) is 0. The van der Waals surface area contributed by atoms with Gasteiger partial charge in [0.05, 0.1) is 10.5 Å². The molecule has 0 saturated heterocycles. The minimum atomic E-state index is -0.780. The molecule has 0 aliphatic carbocycles. The number of hydrogen-bond acceptors (Lipinski definition) is 3. The number of anilines is 1. The van der Waals surface area contributed by atoms with Gasteiger partial charge in [0.15, 0.2) is 0 Å². The van der Waals surface area contributed by atoms with Crippen molar-refractivity contribution in [3.05, 3.63) is 68.5 Å². The first-order valence-corrected chi connectivity index (χ1v) is 6.27. The van der Waals surface area contributed by atoms with Gasteiger partial charge in [0.2, 0.25) is 0 Å². The lowest BCUT2D eigenvalue weighted by atomic mass is 10.1. The zero-order chi connectivity index (χ0) is 15.6. The fraction of sp³-hybridized carbons (Fsp3) is 0.0714. The molecule has 5 nitrogen and oxygen atoms in total.